The van der Waals surface area contributed by atoms with Crippen LogP contribution in [-0.4, -0.2) is 63.9 Å². The topological polar surface area (TPSA) is 87.7 Å². The summed E-state index contributed by atoms with van der Waals surface area (Å²) in [6, 6.07) is 7.78. The molecule has 7 heteroatoms. The number of nitrogens with one attached hydrogen (secondary N) is 1. The summed E-state index contributed by atoms with van der Waals surface area (Å²) in [5.74, 6) is 0.691. The van der Waals surface area contributed by atoms with Gasteiger partial charge in [-0.05, 0) is 37.8 Å². The third-order valence-electron chi connectivity index (χ3n) is 5.48. The third-order valence-corrected chi connectivity index (χ3v) is 5.48. The van der Waals surface area contributed by atoms with Crippen LogP contribution in [0.15, 0.2) is 24.3 Å². The highest BCUT2D eigenvalue weighted by atomic mass is 16.5. The van der Waals surface area contributed by atoms with E-state index in [1.807, 2.05) is 24.3 Å². The van der Waals surface area contributed by atoms with Crippen molar-refractivity contribution in [2.24, 2.45) is 0 Å². The Bertz CT molecular complexity index is 734. The van der Waals surface area contributed by atoms with Crippen molar-refractivity contribution in [3.63, 3.8) is 0 Å². The predicted molar refractivity (Wildman–Crippen MR) is 95.5 cm³/mol. The fourth-order valence-corrected chi connectivity index (χ4v) is 3.92. The molecule has 2 aromatic rings. The smallest absolute Gasteiger partial charge is 0.248 e. The standard InChI is InChI=1S/C19H25N3O4/c23-16-6-3-11-26-19(16)7-9-22(10-8-19)18(24)13-25-12-17-20-14-4-1-2-5-15(14)21-17/h1-2,4-5,16,23H,3,6-13H2,(H,20,21). The number of rotatable bonds is 4. The van der Waals surface area contributed by atoms with E-state index in [0.29, 0.717) is 32.5 Å². The van der Waals surface area contributed by atoms with Crippen molar-refractivity contribution in [1.82, 2.24) is 14.9 Å². The molecule has 1 unspecified atom stereocenters. The van der Waals surface area contributed by atoms with Gasteiger partial charge < -0.3 is 24.5 Å². The SMILES string of the molecule is O=C(COCc1nc2ccccc2[nH]1)N1CCC2(CC1)OCCCC2O. The van der Waals surface area contributed by atoms with Crippen LogP contribution in [0.25, 0.3) is 11.0 Å². The maximum absolute atomic E-state index is 12.4. The average molecular weight is 359 g/mol. The molecule has 0 bridgehead atoms. The molecule has 2 saturated heterocycles. The lowest BCUT2D eigenvalue weighted by Crippen LogP contribution is -2.56. The van der Waals surface area contributed by atoms with E-state index in [1.165, 1.54) is 0 Å². The summed E-state index contributed by atoms with van der Waals surface area (Å²) < 4.78 is 11.4. The Hall–Kier alpha value is -1.96. The second kappa shape index (κ2) is 7.34. The minimum atomic E-state index is -0.454. The number of amides is 1. The van der Waals surface area contributed by atoms with Crippen LogP contribution < -0.4 is 0 Å². The molecular weight excluding hydrogens is 334 g/mol. The van der Waals surface area contributed by atoms with E-state index in [9.17, 15) is 9.90 Å². The number of imidazole rings is 1. The number of carbonyl (C=O) groups is 1. The number of carbonyl (C=O) groups excluding carboxylic acids is 1. The number of benzene rings is 1. The van der Waals surface area contributed by atoms with Crippen LogP contribution in [0.2, 0.25) is 0 Å². The maximum atomic E-state index is 12.4. The third kappa shape index (κ3) is 3.47. The Morgan fingerprint density at radius 3 is 2.96 bits per heavy atom. The molecule has 26 heavy (non-hydrogen) atoms. The van der Waals surface area contributed by atoms with Crippen LogP contribution in [0, 0.1) is 0 Å². The Kier molecular flexibility index (Phi) is 4.93. The Balaban J connectivity index is 1.25. The van der Waals surface area contributed by atoms with Gasteiger partial charge in [0.05, 0.1) is 22.7 Å². The van der Waals surface area contributed by atoms with Gasteiger partial charge >= 0.3 is 0 Å². The molecule has 1 aromatic carbocycles. The van der Waals surface area contributed by atoms with Crippen molar-refractivity contribution in [2.45, 2.75) is 44.0 Å². The average Bonchev–Trinajstić information content (AvgIpc) is 3.07. The van der Waals surface area contributed by atoms with Gasteiger partial charge in [0.15, 0.2) is 0 Å². The molecule has 0 saturated carbocycles. The summed E-state index contributed by atoms with van der Waals surface area (Å²) in [5.41, 5.74) is 1.40. The number of hydrogen-bond acceptors (Lipinski definition) is 5. The first-order chi connectivity index (χ1) is 12.7. The summed E-state index contributed by atoms with van der Waals surface area (Å²) in [5, 5.41) is 10.3. The quantitative estimate of drug-likeness (QED) is 0.866. The number of nitrogens with zero attached hydrogens (tertiary/aromatic N) is 2. The zero-order chi connectivity index (χ0) is 18.0. The molecule has 2 aliphatic heterocycles. The summed E-state index contributed by atoms with van der Waals surface area (Å²) in [7, 11) is 0. The highest BCUT2D eigenvalue weighted by molar-refractivity contribution is 5.77. The number of aliphatic hydroxyl groups is 1. The van der Waals surface area contributed by atoms with Crippen molar-refractivity contribution < 1.29 is 19.4 Å². The Morgan fingerprint density at radius 2 is 2.19 bits per heavy atom. The number of aromatic amines is 1. The van der Waals surface area contributed by atoms with Gasteiger partial charge in [0.1, 0.15) is 19.0 Å². The fourth-order valence-electron chi connectivity index (χ4n) is 3.92. The normalized spacial score (nSPS) is 22.8. The molecule has 1 spiro atoms. The number of piperidine rings is 1. The second-order valence-corrected chi connectivity index (χ2v) is 7.15. The van der Waals surface area contributed by atoms with E-state index in [4.69, 9.17) is 9.47 Å². The van der Waals surface area contributed by atoms with E-state index in [-0.39, 0.29) is 19.1 Å². The number of ether oxygens (including phenoxy) is 2. The summed E-state index contributed by atoms with van der Waals surface area (Å²) in [6.45, 7) is 2.22. The van der Waals surface area contributed by atoms with Crippen molar-refractivity contribution in [3.8, 4) is 0 Å². The number of aromatic nitrogens is 2. The van der Waals surface area contributed by atoms with Gasteiger partial charge in [0, 0.05) is 19.7 Å². The van der Waals surface area contributed by atoms with E-state index in [1.54, 1.807) is 4.90 Å². The number of para-hydroxylation sites is 2. The van der Waals surface area contributed by atoms with Crippen molar-refractivity contribution in [1.29, 1.82) is 0 Å². The largest absolute Gasteiger partial charge is 0.390 e. The van der Waals surface area contributed by atoms with Gasteiger partial charge in [-0.3, -0.25) is 4.79 Å². The molecule has 0 aliphatic carbocycles. The zero-order valence-electron chi connectivity index (χ0n) is 14.8. The van der Waals surface area contributed by atoms with Gasteiger partial charge in [-0.15, -0.1) is 0 Å². The molecule has 2 aliphatic rings. The van der Waals surface area contributed by atoms with E-state index < -0.39 is 11.7 Å². The van der Waals surface area contributed by atoms with Crippen molar-refractivity contribution in [2.75, 3.05) is 26.3 Å². The monoisotopic (exact) mass is 359 g/mol. The van der Waals surface area contributed by atoms with Crippen LogP contribution in [0.5, 0.6) is 0 Å². The highest BCUT2D eigenvalue weighted by Gasteiger charge is 2.44. The lowest BCUT2D eigenvalue weighted by atomic mass is 9.82. The van der Waals surface area contributed by atoms with Crippen LogP contribution in [0.3, 0.4) is 0 Å². The lowest BCUT2D eigenvalue weighted by molar-refractivity contribution is -0.180. The second-order valence-electron chi connectivity index (χ2n) is 7.15. The van der Waals surface area contributed by atoms with E-state index in [0.717, 1.165) is 29.7 Å². The molecule has 0 radical (unpaired) electrons. The molecule has 140 valence electrons. The molecule has 2 N–H and O–H groups in total. The maximum Gasteiger partial charge on any atom is 0.248 e. The number of likely N-dealkylation sites (tertiary alicyclic amines) is 1. The highest BCUT2D eigenvalue weighted by Crippen LogP contribution is 2.35. The van der Waals surface area contributed by atoms with Gasteiger partial charge in [-0.1, -0.05) is 12.1 Å². The van der Waals surface area contributed by atoms with Crippen LogP contribution in [0.4, 0.5) is 0 Å². The molecule has 1 aromatic heterocycles. The molecule has 7 nitrogen and oxygen atoms in total. The Labute approximate surface area is 152 Å². The molecule has 1 amide bonds. The Morgan fingerprint density at radius 1 is 1.38 bits per heavy atom. The van der Waals surface area contributed by atoms with E-state index in [2.05, 4.69) is 9.97 Å². The van der Waals surface area contributed by atoms with Crippen LogP contribution in [-0.2, 0) is 20.9 Å². The number of H-pyrrole nitrogens is 1. The van der Waals surface area contributed by atoms with Gasteiger partial charge in [-0.2, -0.15) is 0 Å². The van der Waals surface area contributed by atoms with Gasteiger partial charge in [-0.25, -0.2) is 4.98 Å². The minimum absolute atomic E-state index is 0.0266. The van der Waals surface area contributed by atoms with Crippen molar-refractivity contribution in [3.05, 3.63) is 30.1 Å². The lowest BCUT2D eigenvalue weighted by Gasteiger charge is -2.46. The summed E-state index contributed by atoms with van der Waals surface area (Å²) in [6.07, 6.45) is 2.64. The number of hydrogen-bond donors (Lipinski definition) is 2. The molecular formula is C19H25N3O4. The first kappa shape index (κ1) is 17.5. The van der Waals surface area contributed by atoms with Gasteiger partial charge in [0.2, 0.25) is 5.91 Å². The first-order valence-corrected chi connectivity index (χ1v) is 9.27. The minimum Gasteiger partial charge on any atom is -0.390 e. The van der Waals surface area contributed by atoms with E-state index >= 15 is 0 Å². The molecule has 1 atom stereocenters. The summed E-state index contributed by atoms with van der Waals surface area (Å²) >= 11 is 0. The van der Waals surface area contributed by atoms with Gasteiger partial charge in [0.25, 0.3) is 0 Å². The first-order valence-electron chi connectivity index (χ1n) is 9.27. The molecule has 3 heterocycles. The van der Waals surface area contributed by atoms with Crippen LogP contribution in [0.1, 0.15) is 31.5 Å². The zero-order valence-corrected chi connectivity index (χ0v) is 14.8. The fraction of sp³-hybridized carbons (Fsp3) is 0.579. The van der Waals surface area contributed by atoms with Crippen molar-refractivity contribution >= 4 is 16.9 Å². The molecule has 4 rings (SSSR count). The number of aliphatic hydroxyl groups excluding tert-OH is 1. The summed E-state index contributed by atoms with van der Waals surface area (Å²) in [4.78, 5) is 21.8. The predicted octanol–water partition coefficient (Wildman–Crippen LogP) is 1.61. The molecule has 2 fully saturated rings. The van der Waals surface area contributed by atoms with Crippen LogP contribution >= 0.6 is 0 Å². The number of fused-ring (bicyclic) bond motifs is 1.